The molecule has 5 nitrogen and oxygen atoms in total. The van der Waals surface area contributed by atoms with Crippen molar-refractivity contribution in [2.75, 3.05) is 13.7 Å². The third-order valence-corrected chi connectivity index (χ3v) is 3.59. The summed E-state index contributed by atoms with van der Waals surface area (Å²) in [6, 6.07) is 8.29. The van der Waals surface area contributed by atoms with Crippen LogP contribution in [0.25, 0.3) is 0 Å². The summed E-state index contributed by atoms with van der Waals surface area (Å²) in [7, 11) is 3.60. The molecule has 1 aromatic carbocycles. The van der Waals surface area contributed by atoms with E-state index in [1.807, 2.05) is 36.1 Å². The van der Waals surface area contributed by atoms with Gasteiger partial charge in [0.25, 0.3) is 0 Å². The van der Waals surface area contributed by atoms with Crippen LogP contribution in [0, 0.1) is 5.92 Å². The maximum Gasteiger partial charge on any atom is 0.161 e. The summed E-state index contributed by atoms with van der Waals surface area (Å²) in [5.41, 5.74) is 2.19. The van der Waals surface area contributed by atoms with Crippen LogP contribution in [0.3, 0.4) is 0 Å². The predicted molar refractivity (Wildman–Crippen MR) is 91.8 cm³/mol. The molecule has 0 radical (unpaired) electrons. The second kappa shape index (κ2) is 8.02. The fourth-order valence-electron chi connectivity index (χ4n) is 2.24. The molecule has 1 N–H and O–H groups in total. The third-order valence-electron chi connectivity index (χ3n) is 3.59. The molecule has 1 atom stereocenters. The molecule has 0 saturated carbocycles. The fraction of sp³-hybridized carbons (Fsp3) is 0.500. The van der Waals surface area contributed by atoms with E-state index < -0.39 is 0 Å². The molecule has 2 aromatic rings. The number of nitrogens with zero attached hydrogens (tertiary/aromatic N) is 2. The van der Waals surface area contributed by atoms with E-state index in [1.54, 1.807) is 7.11 Å². The number of hydrogen-bond acceptors (Lipinski definition) is 4. The maximum absolute atomic E-state index is 5.78. The van der Waals surface area contributed by atoms with Gasteiger partial charge in [-0.1, -0.05) is 19.9 Å². The van der Waals surface area contributed by atoms with E-state index in [0.717, 1.165) is 29.3 Å². The molecule has 126 valence electrons. The minimum atomic E-state index is 0.194. The Bertz CT molecular complexity index is 622. The maximum atomic E-state index is 5.78. The van der Waals surface area contributed by atoms with Crippen LogP contribution in [0.4, 0.5) is 0 Å². The standard InChI is InChI=1S/C18H27N3O2/c1-13(2)12-23-17-7-6-15(10-18(17)22-5)11-19-14(3)16-8-9-21(4)20-16/h6-10,13-14,19H,11-12H2,1-5H3. The van der Waals surface area contributed by atoms with E-state index in [4.69, 9.17) is 9.47 Å². The average molecular weight is 317 g/mol. The molecule has 0 bridgehead atoms. The second-order valence-electron chi connectivity index (χ2n) is 6.21. The van der Waals surface area contributed by atoms with Crippen LogP contribution < -0.4 is 14.8 Å². The Morgan fingerprint density at radius 1 is 1.17 bits per heavy atom. The number of aromatic nitrogens is 2. The van der Waals surface area contributed by atoms with Gasteiger partial charge in [0, 0.05) is 25.8 Å². The van der Waals surface area contributed by atoms with E-state index in [-0.39, 0.29) is 6.04 Å². The van der Waals surface area contributed by atoms with Gasteiger partial charge in [-0.15, -0.1) is 0 Å². The average Bonchev–Trinajstić information content (AvgIpc) is 2.97. The Hall–Kier alpha value is -2.01. The van der Waals surface area contributed by atoms with E-state index in [0.29, 0.717) is 12.5 Å². The van der Waals surface area contributed by atoms with E-state index in [1.165, 1.54) is 0 Å². The van der Waals surface area contributed by atoms with Crippen molar-refractivity contribution >= 4 is 0 Å². The summed E-state index contributed by atoms with van der Waals surface area (Å²) in [6.45, 7) is 7.80. The molecule has 0 spiro atoms. The minimum Gasteiger partial charge on any atom is -0.493 e. The summed E-state index contributed by atoms with van der Waals surface area (Å²) in [4.78, 5) is 0. The van der Waals surface area contributed by atoms with Gasteiger partial charge in [0.05, 0.1) is 19.4 Å². The van der Waals surface area contributed by atoms with Crippen molar-refractivity contribution in [3.8, 4) is 11.5 Å². The zero-order valence-corrected chi connectivity index (χ0v) is 14.7. The molecule has 0 aliphatic heterocycles. The Morgan fingerprint density at radius 3 is 2.57 bits per heavy atom. The molecule has 23 heavy (non-hydrogen) atoms. The van der Waals surface area contributed by atoms with E-state index >= 15 is 0 Å². The summed E-state index contributed by atoms with van der Waals surface area (Å²) >= 11 is 0. The van der Waals surface area contributed by atoms with Crippen molar-refractivity contribution in [3.63, 3.8) is 0 Å². The SMILES string of the molecule is COc1cc(CNC(C)c2ccn(C)n2)ccc1OCC(C)C. The molecule has 0 aliphatic rings. The largest absolute Gasteiger partial charge is 0.493 e. The quantitative estimate of drug-likeness (QED) is 0.811. The van der Waals surface area contributed by atoms with E-state index in [9.17, 15) is 0 Å². The van der Waals surface area contributed by atoms with Crippen LogP contribution in [-0.4, -0.2) is 23.5 Å². The lowest BCUT2D eigenvalue weighted by molar-refractivity contribution is 0.256. The van der Waals surface area contributed by atoms with Gasteiger partial charge in [-0.2, -0.15) is 5.10 Å². The molecule has 0 amide bonds. The fourth-order valence-corrected chi connectivity index (χ4v) is 2.24. The number of ether oxygens (including phenoxy) is 2. The molecule has 5 heteroatoms. The van der Waals surface area contributed by atoms with Gasteiger partial charge in [0.15, 0.2) is 11.5 Å². The molecule has 0 fully saturated rings. The normalized spacial score (nSPS) is 12.4. The molecule has 2 rings (SSSR count). The first kappa shape index (κ1) is 17.3. The van der Waals surface area contributed by atoms with Crippen molar-refractivity contribution < 1.29 is 9.47 Å². The summed E-state index contributed by atoms with van der Waals surface area (Å²) < 4.78 is 13.0. The van der Waals surface area contributed by atoms with Gasteiger partial charge in [0.2, 0.25) is 0 Å². The lowest BCUT2D eigenvalue weighted by atomic mass is 10.1. The van der Waals surface area contributed by atoms with Crippen molar-refractivity contribution in [2.24, 2.45) is 13.0 Å². The first-order chi connectivity index (χ1) is 11.0. The van der Waals surface area contributed by atoms with Crippen LogP contribution >= 0.6 is 0 Å². The number of methoxy groups -OCH3 is 1. The topological polar surface area (TPSA) is 48.3 Å². The number of hydrogen-bond donors (Lipinski definition) is 1. The van der Waals surface area contributed by atoms with Crippen molar-refractivity contribution in [3.05, 3.63) is 41.7 Å². The highest BCUT2D eigenvalue weighted by Crippen LogP contribution is 2.28. The Balaban J connectivity index is 1.97. The van der Waals surface area contributed by atoms with Gasteiger partial charge in [-0.25, -0.2) is 0 Å². The lowest BCUT2D eigenvalue weighted by Gasteiger charge is -2.15. The summed E-state index contributed by atoms with van der Waals surface area (Å²) in [6.07, 6.45) is 1.96. The first-order valence-electron chi connectivity index (χ1n) is 8.02. The first-order valence-corrected chi connectivity index (χ1v) is 8.02. The smallest absolute Gasteiger partial charge is 0.161 e. The minimum absolute atomic E-state index is 0.194. The van der Waals surface area contributed by atoms with Crippen molar-refractivity contribution in [2.45, 2.75) is 33.4 Å². The number of benzene rings is 1. The molecule has 1 heterocycles. The Morgan fingerprint density at radius 2 is 1.96 bits per heavy atom. The zero-order valence-electron chi connectivity index (χ0n) is 14.7. The number of rotatable bonds is 8. The molecular weight excluding hydrogens is 290 g/mol. The monoisotopic (exact) mass is 317 g/mol. The van der Waals surface area contributed by atoms with Crippen LogP contribution in [0.1, 0.15) is 38.1 Å². The van der Waals surface area contributed by atoms with Crippen LogP contribution in [0.15, 0.2) is 30.5 Å². The van der Waals surface area contributed by atoms with E-state index in [2.05, 4.69) is 37.3 Å². The molecule has 0 aliphatic carbocycles. The zero-order chi connectivity index (χ0) is 16.8. The number of nitrogens with one attached hydrogen (secondary N) is 1. The molecule has 0 saturated heterocycles. The van der Waals surface area contributed by atoms with Crippen molar-refractivity contribution in [1.82, 2.24) is 15.1 Å². The van der Waals surface area contributed by atoms with Gasteiger partial charge < -0.3 is 14.8 Å². The van der Waals surface area contributed by atoms with Gasteiger partial charge in [-0.05, 0) is 36.6 Å². The van der Waals surface area contributed by atoms with Crippen LogP contribution in [0.5, 0.6) is 11.5 Å². The molecule has 1 unspecified atom stereocenters. The molecular formula is C18H27N3O2. The van der Waals surface area contributed by atoms with Crippen LogP contribution in [-0.2, 0) is 13.6 Å². The van der Waals surface area contributed by atoms with Gasteiger partial charge in [-0.3, -0.25) is 4.68 Å². The van der Waals surface area contributed by atoms with Crippen LogP contribution in [0.2, 0.25) is 0 Å². The highest BCUT2D eigenvalue weighted by molar-refractivity contribution is 5.43. The number of aryl methyl sites for hydroxylation is 1. The Kier molecular flexibility index (Phi) is 6.04. The lowest BCUT2D eigenvalue weighted by Crippen LogP contribution is -2.18. The highest BCUT2D eigenvalue weighted by Gasteiger charge is 2.10. The van der Waals surface area contributed by atoms with Gasteiger partial charge >= 0.3 is 0 Å². The highest BCUT2D eigenvalue weighted by atomic mass is 16.5. The second-order valence-corrected chi connectivity index (χ2v) is 6.21. The third kappa shape index (κ3) is 4.99. The predicted octanol–water partition coefficient (Wildman–Crippen LogP) is 3.31. The van der Waals surface area contributed by atoms with Crippen molar-refractivity contribution in [1.29, 1.82) is 0 Å². The molecule has 1 aromatic heterocycles. The summed E-state index contributed by atoms with van der Waals surface area (Å²) in [5.74, 6) is 2.05. The van der Waals surface area contributed by atoms with Gasteiger partial charge in [0.1, 0.15) is 0 Å². The summed E-state index contributed by atoms with van der Waals surface area (Å²) in [5, 5.41) is 7.90. The Labute approximate surface area is 138 Å².